The minimum Gasteiger partial charge on any atom is -0.332 e. The summed E-state index contributed by atoms with van der Waals surface area (Å²) in [6.45, 7) is 1.98. The zero-order valence-corrected chi connectivity index (χ0v) is 17.1. The summed E-state index contributed by atoms with van der Waals surface area (Å²) in [6.07, 6.45) is 0. The molecule has 0 radical (unpaired) electrons. The first-order valence-corrected chi connectivity index (χ1v) is 10.2. The molecule has 4 nitrogen and oxygen atoms in total. The van der Waals surface area contributed by atoms with E-state index in [2.05, 4.69) is 16.0 Å². The Kier molecular flexibility index (Phi) is 7.06. The van der Waals surface area contributed by atoms with Crippen LogP contribution in [0.5, 0.6) is 0 Å². The van der Waals surface area contributed by atoms with Gasteiger partial charge in [0.05, 0.1) is 5.75 Å². The Bertz CT molecular complexity index is 961. The molecule has 0 atom stereocenters. The van der Waals surface area contributed by atoms with Crippen molar-refractivity contribution in [2.24, 2.45) is 0 Å². The van der Waals surface area contributed by atoms with Crippen LogP contribution in [0.2, 0.25) is 0 Å². The number of aryl methyl sites for hydroxylation is 1. The average Bonchev–Trinajstić information content (AvgIpc) is 2.69. The minimum atomic E-state index is -0.0288. The molecular formula is C22H21N3OS2. The summed E-state index contributed by atoms with van der Waals surface area (Å²) in [5.74, 6) is 0.309. The fourth-order valence-electron chi connectivity index (χ4n) is 2.53. The van der Waals surface area contributed by atoms with E-state index in [4.69, 9.17) is 12.2 Å². The lowest BCUT2D eigenvalue weighted by Crippen LogP contribution is -2.19. The highest BCUT2D eigenvalue weighted by Gasteiger charge is 2.06. The SMILES string of the molecule is Cc1ccccc1NC(=O)CSc1cccc(NC(=S)Nc2ccccc2)c1. The van der Waals surface area contributed by atoms with Gasteiger partial charge in [-0.1, -0.05) is 42.5 Å². The number of thiocarbonyl (C=S) groups is 1. The van der Waals surface area contributed by atoms with Crippen molar-refractivity contribution in [3.63, 3.8) is 0 Å². The number of hydrogen-bond donors (Lipinski definition) is 3. The summed E-state index contributed by atoms with van der Waals surface area (Å²) in [5, 5.41) is 9.78. The number of para-hydroxylation sites is 2. The Balaban J connectivity index is 1.52. The van der Waals surface area contributed by atoms with Gasteiger partial charge < -0.3 is 16.0 Å². The predicted molar refractivity (Wildman–Crippen MR) is 123 cm³/mol. The highest BCUT2D eigenvalue weighted by Crippen LogP contribution is 2.22. The standard InChI is InChI=1S/C22H21N3OS2/c1-16-8-5-6-13-20(16)25-21(26)15-28-19-12-7-11-18(14-19)24-22(27)23-17-9-3-2-4-10-17/h2-14H,15H2,1H3,(H,25,26)(H2,23,24,27). The van der Waals surface area contributed by atoms with Crippen LogP contribution in [-0.4, -0.2) is 16.8 Å². The lowest BCUT2D eigenvalue weighted by molar-refractivity contribution is -0.113. The molecule has 0 spiro atoms. The first-order valence-electron chi connectivity index (χ1n) is 8.81. The average molecular weight is 408 g/mol. The first-order chi connectivity index (χ1) is 13.6. The van der Waals surface area contributed by atoms with E-state index in [9.17, 15) is 4.79 Å². The molecule has 0 aromatic heterocycles. The second kappa shape index (κ2) is 9.92. The third kappa shape index (κ3) is 6.11. The molecule has 0 aliphatic rings. The largest absolute Gasteiger partial charge is 0.332 e. The van der Waals surface area contributed by atoms with Crippen molar-refractivity contribution < 1.29 is 4.79 Å². The van der Waals surface area contributed by atoms with Gasteiger partial charge in [-0.2, -0.15) is 0 Å². The summed E-state index contributed by atoms with van der Waals surface area (Å²) in [7, 11) is 0. The van der Waals surface area contributed by atoms with Crippen LogP contribution >= 0.6 is 24.0 Å². The van der Waals surface area contributed by atoms with Crippen molar-refractivity contribution in [2.75, 3.05) is 21.7 Å². The number of amides is 1. The molecule has 3 aromatic rings. The second-order valence-electron chi connectivity index (χ2n) is 6.12. The Morgan fingerprint density at radius 1 is 0.857 bits per heavy atom. The summed E-state index contributed by atoms with van der Waals surface area (Å²) in [6, 6.07) is 25.3. The molecule has 142 valence electrons. The molecule has 0 unspecified atom stereocenters. The van der Waals surface area contributed by atoms with Gasteiger partial charge in [-0.3, -0.25) is 4.79 Å². The number of benzene rings is 3. The molecule has 0 fully saturated rings. The highest BCUT2D eigenvalue weighted by molar-refractivity contribution is 8.00. The fourth-order valence-corrected chi connectivity index (χ4v) is 3.52. The number of rotatable bonds is 6. The van der Waals surface area contributed by atoms with E-state index < -0.39 is 0 Å². The normalized spacial score (nSPS) is 10.2. The van der Waals surface area contributed by atoms with Crippen molar-refractivity contribution >= 4 is 52.1 Å². The number of carbonyl (C=O) groups is 1. The van der Waals surface area contributed by atoms with Gasteiger partial charge in [0.25, 0.3) is 0 Å². The lowest BCUT2D eigenvalue weighted by atomic mass is 10.2. The Hall–Kier alpha value is -2.83. The second-order valence-corrected chi connectivity index (χ2v) is 7.58. The third-order valence-electron chi connectivity index (χ3n) is 3.91. The molecular weight excluding hydrogens is 386 g/mol. The number of hydrogen-bond acceptors (Lipinski definition) is 3. The Morgan fingerprint density at radius 3 is 2.32 bits per heavy atom. The van der Waals surface area contributed by atoms with Crippen LogP contribution in [0.4, 0.5) is 17.1 Å². The van der Waals surface area contributed by atoms with Gasteiger partial charge in [0.15, 0.2) is 5.11 Å². The molecule has 0 heterocycles. The number of thioether (sulfide) groups is 1. The third-order valence-corrected chi connectivity index (χ3v) is 5.11. The molecule has 3 N–H and O–H groups in total. The van der Waals surface area contributed by atoms with E-state index in [1.54, 1.807) is 0 Å². The maximum absolute atomic E-state index is 12.2. The van der Waals surface area contributed by atoms with E-state index >= 15 is 0 Å². The van der Waals surface area contributed by atoms with E-state index in [1.165, 1.54) is 11.8 Å². The smallest absolute Gasteiger partial charge is 0.234 e. The summed E-state index contributed by atoms with van der Waals surface area (Å²) in [4.78, 5) is 13.2. The van der Waals surface area contributed by atoms with E-state index in [-0.39, 0.29) is 5.91 Å². The maximum Gasteiger partial charge on any atom is 0.234 e. The van der Waals surface area contributed by atoms with Crippen LogP contribution in [0, 0.1) is 6.92 Å². The van der Waals surface area contributed by atoms with E-state index in [0.717, 1.165) is 27.5 Å². The molecule has 3 rings (SSSR count). The van der Waals surface area contributed by atoms with Crippen LogP contribution < -0.4 is 16.0 Å². The molecule has 0 aliphatic carbocycles. The summed E-state index contributed by atoms with van der Waals surface area (Å²) in [5.41, 5.74) is 3.70. The van der Waals surface area contributed by atoms with Crippen LogP contribution in [0.15, 0.2) is 83.8 Å². The summed E-state index contributed by atoms with van der Waals surface area (Å²) >= 11 is 6.84. The quantitative estimate of drug-likeness (QED) is 0.370. The van der Waals surface area contributed by atoms with Gasteiger partial charge in [-0.05, 0) is 61.1 Å². The molecule has 0 saturated carbocycles. The van der Waals surface area contributed by atoms with Crippen LogP contribution in [0.1, 0.15) is 5.56 Å². The summed E-state index contributed by atoms with van der Waals surface area (Å²) < 4.78 is 0. The zero-order valence-electron chi connectivity index (χ0n) is 15.4. The van der Waals surface area contributed by atoms with Gasteiger partial charge in [0, 0.05) is 22.0 Å². The zero-order chi connectivity index (χ0) is 19.8. The van der Waals surface area contributed by atoms with Crippen molar-refractivity contribution in [3.8, 4) is 0 Å². The molecule has 3 aromatic carbocycles. The van der Waals surface area contributed by atoms with Crippen molar-refractivity contribution in [1.29, 1.82) is 0 Å². The number of anilines is 3. The number of carbonyl (C=O) groups excluding carboxylic acids is 1. The lowest BCUT2D eigenvalue weighted by Gasteiger charge is -2.11. The van der Waals surface area contributed by atoms with Gasteiger partial charge in [0.1, 0.15) is 0 Å². The van der Waals surface area contributed by atoms with Crippen molar-refractivity contribution in [2.45, 2.75) is 11.8 Å². The van der Waals surface area contributed by atoms with E-state index in [1.807, 2.05) is 85.8 Å². The van der Waals surface area contributed by atoms with Crippen LogP contribution in [-0.2, 0) is 4.79 Å². The molecule has 0 bridgehead atoms. The number of nitrogens with one attached hydrogen (secondary N) is 3. The first kappa shape index (κ1) is 19.9. The van der Waals surface area contributed by atoms with Crippen LogP contribution in [0.25, 0.3) is 0 Å². The van der Waals surface area contributed by atoms with Gasteiger partial charge in [0.2, 0.25) is 5.91 Å². The minimum absolute atomic E-state index is 0.0288. The molecule has 6 heteroatoms. The topological polar surface area (TPSA) is 53.2 Å². The van der Waals surface area contributed by atoms with Gasteiger partial charge in [-0.25, -0.2) is 0 Å². The molecule has 0 saturated heterocycles. The highest BCUT2D eigenvalue weighted by atomic mass is 32.2. The Labute approximate surface area is 174 Å². The Morgan fingerprint density at radius 2 is 1.54 bits per heavy atom. The maximum atomic E-state index is 12.2. The molecule has 0 aliphatic heterocycles. The predicted octanol–water partition coefficient (Wildman–Crippen LogP) is 5.53. The van der Waals surface area contributed by atoms with Gasteiger partial charge in [-0.15, -0.1) is 11.8 Å². The monoisotopic (exact) mass is 407 g/mol. The molecule has 1 amide bonds. The van der Waals surface area contributed by atoms with Crippen molar-refractivity contribution in [3.05, 3.63) is 84.4 Å². The van der Waals surface area contributed by atoms with E-state index in [0.29, 0.717) is 10.9 Å². The van der Waals surface area contributed by atoms with Gasteiger partial charge >= 0.3 is 0 Å². The van der Waals surface area contributed by atoms with Crippen molar-refractivity contribution in [1.82, 2.24) is 0 Å². The molecule has 28 heavy (non-hydrogen) atoms. The van der Waals surface area contributed by atoms with Crippen LogP contribution in [0.3, 0.4) is 0 Å². The fraction of sp³-hybridized carbons (Fsp3) is 0.0909.